The SMILES string of the molecule is N#C/C(=C\c1cc(Cl)c(OCc2ccc(Br)cc2)c(Cl)c1)c1nc2ccccc2o1. The third kappa shape index (κ3) is 4.52. The van der Waals surface area contributed by atoms with Gasteiger partial charge < -0.3 is 9.15 Å². The number of hydrogen-bond acceptors (Lipinski definition) is 4. The van der Waals surface area contributed by atoms with Gasteiger partial charge in [0.05, 0.1) is 10.0 Å². The molecule has 0 bridgehead atoms. The van der Waals surface area contributed by atoms with Crippen LogP contribution in [0.4, 0.5) is 0 Å². The molecule has 0 saturated heterocycles. The molecule has 0 N–H and O–H groups in total. The third-order valence-electron chi connectivity index (χ3n) is 4.27. The molecule has 0 aliphatic heterocycles. The van der Waals surface area contributed by atoms with Crippen LogP contribution >= 0.6 is 39.1 Å². The summed E-state index contributed by atoms with van der Waals surface area (Å²) in [6, 6.07) is 20.6. The average molecular weight is 500 g/mol. The van der Waals surface area contributed by atoms with Crippen molar-refractivity contribution in [3.63, 3.8) is 0 Å². The zero-order valence-corrected chi connectivity index (χ0v) is 18.5. The number of rotatable bonds is 5. The van der Waals surface area contributed by atoms with Gasteiger partial charge in [0.1, 0.15) is 23.8 Å². The van der Waals surface area contributed by atoms with E-state index in [9.17, 15) is 5.26 Å². The molecule has 0 spiro atoms. The topological polar surface area (TPSA) is 59.0 Å². The Morgan fingerprint density at radius 1 is 1.10 bits per heavy atom. The van der Waals surface area contributed by atoms with Crippen LogP contribution in [0.5, 0.6) is 5.75 Å². The first-order valence-electron chi connectivity index (χ1n) is 8.87. The monoisotopic (exact) mass is 498 g/mol. The van der Waals surface area contributed by atoms with Gasteiger partial charge in [0.25, 0.3) is 0 Å². The number of benzene rings is 3. The molecule has 0 saturated carbocycles. The van der Waals surface area contributed by atoms with Gasteiger partial charge in [0.2, 0.25) is 5.89 Å². The Balaban J connectivity index is 1.59. The maximum atomic E-state index is 9.58. The number of para-hydroxylation sites is 2. The van der Waals surface area contributed by atoms with Gasteiger partial charge in [0.15, 0.2) is 11.3 Å². The second-order valence-corrected chi connectivity index (χ2v) is 8.12. The number of nitrogens with zero attached hydrogens (tertiary/aromatic N) is 2. The maximum Gasteiger partial charge on any atom is 0.238 e. The highest BCUT2D eigenvalue weighted by Gasteiger charge is 2.13. The molecule has 1 aromatic heterocycles. The van der Waals surface area contributed by atoms with E-state index in [0.29, 0.717) is 39.1 Å². The van der Waals surface area contributed by atoms with E-state index in [2.05, 4.69) is 27.0 Å². The molecule has 4 aromatic rings. The second-order valence-electron chi connectivity index (χ2n) is 6.39. The van der Waals surface area contributed by atoms with E-state index in [-0.39, 0.29) is 11.5 Å². The Morgan fingerprint density at radius 3 is 2.47 bits per heavy atom. The number of fused-ring (bicyclic) bond motifs is 1. The molecule has 0 atom stereocenters. The predicted octanol–water partition coefficient (Wildman–Crippen LogP) is 7.54. The van der Waals surface area contributed by atoms with Crippen molar-refractivity contribution in [2.45, 2.75) is 6.61 Å². The minimum absolute atomic E-state index is 0.238. The third-order valence-corrected chi connectivity index (χ3v) is 5.36. The van der Waals surface area contributed by atoms with Gasteiger partial charge in [-0.15, -0.1) is 0 Å². The number of aromatic nitrogens is 1. The van der Waals surface area contributed by atoms with Crippen molar-refractivity contribution < 1.29 is 9.15 Å². The van der Waals surface area contributed by atoms with Crippen molar-refractivity contribution in [2.24, 2.45) is 0 Å². The lowest BCUT2D eigenvalue weighted by Crippen LogP contribution is -1.97. The fourth-order valence-corrected chi connectivity index (χ4v) is 3.71. The zero-order valence-electron chi connectivity index (χ0n) is 15.4. The van der Waals surface area contributed by atoms with Gasteiger partial charge >= 0.3 is 0 Å². The van der Waals surface area contributed by atoms with E-state index in [1.54, 1.807) is 24.3 Å². The van der Waals surface area contributed by atoms with E-state index in [1.165, 1.54) is 0 Å². The van der Waals surface area contributed by atoms with Crippen molar-refractivity contribution in [3.05, 3.63) is 92.2 Å². The van der Waals surface area contributed by atoms with E-state index in [1.807, 2.05) is 42.5 Å². The first kappa shape index (κ1) is 20.5. The van der Waals surface area contributed by atoms with Gasteiger partial charge in [-0.25, -0.2) is 4.98 Å². The normalized spacial score (nSPS) is 11.5. The Labute approximate surface area is 191 Å². The molecule has 148 valence electrons. The average Bonchev–Trinajstić information content (AvgIpc) is 3.16. The van der Waals surface area contributed by atoms with Crippen molar-refractivity contribution >= 4 is 61.9 Å². The second kappa shape index (κ2) is 8.93. The van der Waals surface area contributed by atoms with E-state index >= 15 is 0 Å². The Morgan fingerprint density at radius 2 is 1.80 bits per heavy atom. The number of halogens is 3. The molecule has 0 amide bonds. The Bertz CT molecular complexity index is 1230. The molecular formula is C23H13BrCl2N2O2. The summed E-state index contributed by atoms with van der Waals surface area (Å²) in [7, 11) is 0. The van der Waals surface area contributed by atoms with Crippen LogP contribution < -0.4 is 4.74 Å². The molecule has 7 heteroatoms. The standard InChI is InChI=1S/C23H13BrCl2N2O2/c24-17-7-5-14(6-8-17)13-29-22-18(25)10-15(11-19(22)26)9-16(12-27)23-28-20-3-1-2-4-21(20)30-23/h1-11H,13H2/b16-9+. The summed E-state index contributed by atoms with van der Waals surface area (Å²) in [6.45, 7) is 0.328. The highest BCUT2D eigenvalue weighted by atomic mass is 79.9. The van der Waals surface area contributed by atoms with Crippen LogP contribution in [-0.2, 0) is 6.61 Å². The van der Waals surface area contributed by atoms with E-state index < -0.39 is 0 Å². The molecule has 0 fully saturated rings. The molecule has 4 nitrogen and oxygen atoms in total. The number of allylic oxidation sites excluding steroid dienone is 1. The van der Waals surface area contributed by atoms with Crippen molar-refractivity contribution in [2.75, 3.05) is 0 Å². The van der Waals surface area contributed by atoms with E-state index in [4.69, 9.17) is 32.4 Å². The minimum atomic E-state index is 0.238. The van der Waals surface area contributed by atoms with Crippen LogP contribution in [-0.4, -0.2) is 4.98 Å². The van der Waals surface area contributed by atoms with Crippen LogP contribution in [0, 0.1) is 11.3 Å². The number of oxazole rings is 1. The summed E-state index contributed by atoms with van der Waals surface area (Å²) in [5, 5.41) is 10.3. The highest BCUT2D eigenvalue weighted by Crippen LogP contribution is 2.36. The molecular weight excluding hydrogens is 487 g/mol. The molecule has 0 aliphatic rings. The van der Waals surface area contributed by atoms with E-state index in [0.717, 1.165) is 10.0 Å². The highest BCUT2D eigenvalue weighted by molar-refractivity contribution is 9.10. The molecule has 0 aliphatic carbocycles. The Kier molecular flexibility index (Phi) is 6.10. The molecule has 0 unspecified atom stereocenters. The minimum Gasteiger partial charge on any atom is -0.486 e. The van der Waals surface area contributed by atoms with Gasteiger partial charge in [-0.1, -0.05) is 63.4 Å². The molecule has 4 rings (SSSR count). The lowest BCUT2D eigenvalue weighted by Gasteiger charge is -2.11. The largest absolute Gasteiger partial charge is 0.486 e. The number of hydrogen-bond donors (Lipinski definition) is 0. The summed E-state index contributed by atoms with van der Waals surface area (Å²) in [5.74, 6) is 0.625. The first-order valence-corrected chi connectivity index (χ1v) is 10.4. The van der Waals surface area contributed by atoms with Gasteiger partial charge in [-0.05, 0) is 53.6 Å². The van der Waals surface area contributed by atoms with Crippen LogP contribution in [0.1, 0.15) is 17.0 Å². The lowest BCUT2D eigenvalue weighted by molar-refractivity contribution is 0.306. The van der Waals surface area contributed by atoms with Crippen molar-refractivity contribution in [1.29, 1.82) is 5.26 Å². The Hall–Kier alpha value is -2.78. The van der Waals surface area contributed by atoms with Gasteiger partial charge in [-0.3, -0.25) is 0 Å². The molecule has 0 radical (unpaired) electrons. The summed E-state index contributed by atoms with van der Waals surface area (Å²) in [6.07, 6.45) is 1.63. The number of ether oxygens (including phenoxy) is 1. The molecule has 1 heterocycles. The number of nitriles is 1. The fraction of sp³-hybridized carbons (Fsp3) is 0.0435. The smallest absolute Gasteiger partial charge is 0.238 e. The summed E-state index contributed by atoms with van der Waals surface area (Å²) < 4.78 is 12.5. The van der Waals surface area contributed by atoms with Crippen LogP contribution in [0.2, 0.25) is 10.0 Å². The quantitative estimate of drug-likeness (QED) is 0.266. The van der Waals surface area contributed by atoms with Crippen molar-refractivity contribution in [1.82, 2.24) is 4.98 Å². The molecule has 30 heavy (non-hydrogen) atoms. The summed E-state index contributed by atoms with van der Waals surface area (Å²) in [4.78, 5) is 4.36. The van der Waals surface area contributed by atoms with Crippen LogP contribution in [0.3, 0.4) is 0 Å². The van der Waals surface area contributed by atoms with Gasteiger partial charge in [0, 0.05) is 4.47 Å². The fourth-order valence-electron chi connectivity index (χ4n) is 2.83. The van der Waals surface area contributed by atoms with Crippen LogP contribution in [0.15, 0.2) is 69.6 Å². The van der Waals surface area contributed by atoms with Crippen LogP contribution in [0.25, 0.3) is 22.7 Å². The van der Waals surface area contributed by atoms with Crippen molar-refractivity contribution in [3.8, 4) is 11.8 Å². The van der Waals surface area contributed by atoms with Gasteiger partial charge in [-0.2, -0.15) is 5.26 Å². The lowest BCUT2D eigenvalue weighted by atomic mass is 10.1. The predicted molar refractivity (Wildman–Crippen MR) is 122 cm³/mol. The maximum absolute atomic E-state index is 9.58. The first-order chi connectivity index (χ1) is 14.5. The zero-order chi connectivity index (χ0) is 21.1. The summed E-state index contributed by atoms with van der Waals surface area (Å²) >= 11 is 16.2. The summed E-state index contributed by atoms with van der Waals surface area (Å²) in [5.41, 5.74) is 3.18. The molecule has 3 aromatic carbocycles.